The van der Waals surface area contributed by atoms with Gasteiger partial charge in [-0.2, -0.15) is 5.26 Å². The summed E-state index contributed by atoms with van der Waals surface area (Å²) in [6.45, 7) is 0.226. The Hall–Kier alpha value is -2.80. The van der Waals surface area contributed by atoms with Gasteiger partial charge in [-0.25, -0.2) is 0 Å². The number of nitrogens with zero attached hydrogens (tertiary/aromatic N) is 2. The van der Waals surface area contributed by atoms with E-state index in [0.717, 1.165) is 14.7 Å². The molecule has 0 N–H and O–H groups in total. The van der Waals surface area contributed by atoms with Gasteiger partial charge >= 0.3 is 0 Å². The number of ether oxygens (including phenoxy) is 2. The molecular weight excluding hydrogens is 566 g/mol. The Morgan fingerprint density at radius 1 is 1.19 bits per heavy atom. The van der Waals surface area contributed by atoms with Crippen LogP contribution in [0.1, 0.15) is 16.7 Å². The highest BCUT2D eigenvalue weighted by molar-refractivity contribution is 14.1. The van der Waals surface area contributed by atoms with Gasteiger partial charge in [0.2, 0.25) is 0 Å². The number of nitro benzene ring substituents is 1. The van der Waals surface area contributed by atoms with E-state index in [9.17, 15) is 15.4 Å². The molecule has 0 radical (unpaired) electrons. The van der Waals surface area contributed by atoms with E-state index in [1.54, 1.807) is 42.5 Å². The zero-order valence-corrected chi connectivity index (χ0v) is 20.3. The number of hydrogen-bond acceptors (Lipinski definition) is 5. The number of nitro groups is 1. The van der Waals surface area contributed by atoms with Crippen molar-refractivity contribution in [1.82, 2.24) is 0 Å². The molecule has 0 atom stereocenters. The standard InChI is InChI=1S/C23H15Cl2IN2O4/c1-31-22-10-14(8-17(12-27)15-3-6-19(7-4-15)28(29)30)9-21(26)23(22)32-13-16-2-5-18(24)11-20(16)25/h2-11H,13H2,1H3/b17-8-. The van der Waals surface area contributed by atoms with Gasteiger partial charge in [-0.05, 0) is 76.2 Å². The number of non-ortho nitro benzene ring substituents is 1. The van der Waals surface area contributed by atoms with Gasteiger partial charge < -0.3 is 9.47 Å². The van der Waals surface area contributed by atoms with Crippen LogP contribution in [0, 0.1) is 25.0 Å². The number of allylic oxidation sites excluding steroid dienone is 1. The summed E-state index contributed by atoms with van der Waals surface area (Å²) in [7, 11) is 1.53. The fraction of sp³-hybridized carbons (Fsp3) is 0.0870. The molecule has 3 aromatic carbocycles. The van der Waals surface area contributed by atoms with E-state index in [1.807, 2.05) is 6.07 Å². The number of halogens is 3. The van der Waals surface area contributed by atoms with E-state index < -0.39 is 4.92 Å². The zero-order chi connectivity index (χ0) is 23.3. The summed E-state index contributed by atoms with van der Waals surface area (Å²) in [5.41, 5.74) is 2.40. The lowest BCUT2D eigenvalue weighted by Crippen LogP contribution is -2.01. The van der Waals surface area contributed by atoms with Crippen LogP contribution in [0.2, 0.25) is 10.0 Å². The Morgan fingerprint density at radius 2 is 1.91 bits per heavy atom. The first kappa shape index (κ1) is 23.9. The Balaban J connectivity index is 1.89. The van der Waals surface area contributed by atoms with Crippen LogP contribution >= 0.6 is 45.8 Å². The average Bonchev–Trinajstić information content (AvgIpc) is 2.77. The molecule has 0 aliphatic heterocycles. The molecular formula is C23H15Cl2IN2O4. The number of hydrogen-bond donors (Lipinski definition) is 0. The molecule has 9 heteroatoms. The van der Waals surface area contributed by atoms with E-state index in [-0.39, 0.29) is 12.3 Å². The summed E-state index contributed by atoms with van der Waals surface area (Å²) in [6, 6.07) is 16.7. The summed E-state index contributed by atoms with van der Waals surface area (Å²) in [5, 5.41) is 21.5. The molecule has 0 saturated heterocycles. The summed E-state index contributed by atoms with van der Waals surface area (Å²) < 4.78 is 12.2. The number of methoxy groups -OCH3 is 1. The van der Waals surface area contributed by atoms with E-state index in [2.05, 4.69) is 28.7 Å². The van der Waals surface area contributed by atoms with Crippen LogP contribution < -0.4 is 9.47 Å². The Morgan fingerprint density at radius 3 is 2.50 bits per heavy atom. The monoisotopic (exact) mass is 580 g/mol. The first-order valence-electron chi connectivity index (χ1n) is 9.13. The van der Waals surface area contributed by atoms with Crippen LogP contribution in [0.15, 0.2) is 54.6 Å². The number of nitriles is 1. The molecule has 32 heavy (non-hydrogen) atoms. The van der Waals surface area contributed by atoms with Crippen LogP contribution in [0.4, 0.5) is 5.69 Å². The molecule has 0 saturated carbocycles. The van der Waals surface area contributed by atoms with Gasteiger partial charge in [0.1, 0.15) is 6.61 Å². The summed E-state index contributed by atoms with van der Waals surface area (Å²) in [6.07, 6.45) is 1.69. The molecule has 0 unspecified atom stereocenters. The highest BCUT2D eigenvalue weighted by atomic mass is 127. The normalized spacial score (nSPS) is 11.0. The maximum absolute atomic E-state index is 10.8. The quantitative estimate of drug-likeness (QED) is 0.0973. The highest BCUT2D eigenvalue weighted by Crippen LogP contribution is 2.36. The minimum Gasteiger partial charge on any atom is -0.493 e. The predicted molar refractivity (Wildman–Crippen MR) is 133 cm³/mol. The van der Waals surface area contributed by atoms with Crippen LogP contribution in [0.3, 0.4) is 0 Å². The molecule has 0 aliphatic rings. The maximum atomic E-state index is 10.8. The van der Waals surface area contributed by atoms with Crippen molar-refractivity contribution in [3.05, 3.63) is 95.0 Å². The average molecular weight is 581 g/mol. The van der Waals surface area contributed by atoms with E-state index in [0.29, 0.717) is 32.7 Å². The van der Waals surface area contributed by atoms with Gasteiger partial charge in [0.15, 0.2) is 11.5 Å². The first-order valence-corrected chi connectivity index (χ1v) is 11.0. The molecule has 3 aromatic rings. The van der Waals surface area contributed by atoms with Crippen LogP contribution in [0.25, 0.3) is 11.6 Å². The second kappa shape index (κ2) is 10.7. The van der Waals surface area contributed by atoms with Gasteiger partial charge in [-0.15, -0.1) is 0 Å². The van der Waals surface area contributed by atoms with Gasteiger partial charge in [-0.1, -0.05) is 29.3 Å². The van der Waals surface area contributed by atoms with Crippen molar-refractivity contribution >= 4 is 63.1 Å². The molecule has 6 nitrogen and oxygen atoms in total. The number of benzene rings is 3. The summed E-state index contributed by atoms with van der Waals surface area (Å²) in [4.78, 5) is 10.4. The van der Waals surface area contributed by atoms with Gasteiger partial charge in [0, 0.05) is 27.7 Å². The van der Waals surface area contributed by atoms with Crippen LogP contribution in [-0.2, 0) is 6.61 Å². The van der Waals surface area contributed by atoms with Gasteiger partial charge in [0.05, 0.1) is 27.2 Å². The SMILES string of the molecule is COc1cc(/C=C(/C#N)c2ccc([N+](=O)[O-])cc2)cc(I)c1OCc1ccc(Cl)cc1Cl. The molecule has 0 fully saturated rings. The first-order chi connectivity index (χ1) is 15.3. The summed E-state index contributed by atoms with van der Waals surface area (Å²) >= 11 is 14.3. The Kier molecular flexibility index (Phi) is 7.96. The van der Waals surface area contributed by atoms with Crippen molar-refractivity contribution in [1.29, 1.82) is 5.26 Å². The van der Waals surface area contributed by atoms with E-state index >= 15 is 0 Å². The van der Waals surface area contributed by atoms with Crippen molar-refractivity contribution in [3.63, 3.8) is 0 Å². The fourth-order valence-electron chi connectivity index (χ4n) is 2.86. The van der Waals surface area contributed by atoms with E-state index in [4.69, 9.17) is 32.7 Å². The van der Waals surface area contributed by atoms with Crippen LogP contribution in [-0.4, -0.2) is 12.0 Å². The predicted octanol–water partition coefficient (Wildman–Crippen LogP) is 7.16. The Labute approximate surface area is 208 Å². The fourth-order valence-corrected chi connectivity index (χ4v) is 4.11. The van der Waals surface area contributed by atoms with Crippen molar-refractivity contribution < 1.29 is 14.4 Å². The van der Waals surface area contributed by atoms with Crippen molar-refractivity contribution in [3.8, 4) is 17.6 Å². The third kappa shape index (κ3) is 5.71. The molecule has 162 valence electrons. The molecule has 0 heterocycles. The molecule has 0 spiro atoms. The minimum absolute atomic E-state index is 0.0375. The molecule has 0 bridgehead atoms. The highest BCUT2D eigenvalue weighted by Gasteiger charge is 2.14. The minimum atomic E-state index is -0.483. The third-order valence-electron chi connectivity index (χ3n) is 4.46. The lowest BCUT2D eigenvalue weighted by Gasteiger charge is -2.14. The largest absolute Gasteiger partial charge is 0.493 e. The molecule has 0 aliphatic carbocycles. The molecule has 0 aromatic heterocycles. The zero-order valence-electron chi connectivity index (χ0n) is 16.6. The smallest absolute Gasteiger partial charge is 0.269 e. The van der Waals surface area contributed by atoms with Gasteiger partial charge in [-0.3, -0.25) is 10.1 Å². The Bertz CT molecular complexity index is 1240. The second-order valence-electron chi connectivity index (χ2n) is 6.53. The maximum Gasteiger partial charge on any atom is 0.269 e. The second-order valence-corrected chi connectivity index (χ2v) is 8.54. The lowest BCUT2D eigenvalue weighted by molar-refractivity contribution is -0.384. The molecule has 3 rings (SSSR count). The van der Waals surface area contributed by atoms with Crippen LogP contribution in [0.5, 0.6) is 11.5 Å². The van der Waals surface area contributed by atoms with Crippen molar-refractivity contribution in [2.24, 2.45) is 0 Å². The lowest BCUT2D eigenvalue weighted by atomic mass is 10.0. The third-order valence-corrected chi connectivity index (χ3v) is 5.85. The van der Waals surface area contributed by atoms with Crippen molar-refractivity contribution in [2.45, 2.75) is 6.61 Å². The van der Waals surface area contributed by atoms with Crippen molar-refractivity contribution in [2.75, 3.05) is 7.11 Å². The van der Waals surface area contributed by atoms with E-state index in [1.165, 1.54) is 19.2 Å². The molecule has 0 amide bonds. The van der Waals surface area contributed by atoms with Gasteiger partial charge in [0.25, 0.3) is 5.69 Å². The summed E-state index contributed by atoms with van der Waals surface area (Å²) in [5.74, 6) is 1.04. The topological polar surface area (TPSA) is 85.4 Å². The number of rotatable bonds is 7.